The summed E-state index contributed by atoms with van der Waals surface area (Å²) in [6.07, 6.45) is 4.80. The molecule has 0 spiro atoms. The van der Waals surface area contributed by atoms with Gasteiger partial charge >= 0.3 is 0 Å². The van der Waals surface area contributed by atoms with Crippen molar-refractivity contribution in [3.05, 3.63) is 0 Å². The van der Waals surface area contributed by atoms with Crippen molar-refractivity contribution < 1.29 is 4.74 Å². The van der Waals surface area contributed by atoms with Crippen LogP contribution in [-0.2, 0) is 4.74 Å². The largest absolute Gasteiger partial charge is 0.381 e. The second kappa shape index (κ2) is 7.34. The highest BCUT2D eigenvalue weighted by molar-refractivity contribution is 4.68. The Kier molecular flexibility index (Phi) is 7.29. The van der Waals surface area contributed by atoms with Crippen LogP contribution in [0.4, 0.5) is 0 Å². The molecule has 80 valence electrons. The first kappa shape index (κ1) is 12.9. The van der Waals surface area contributed by atoms with Crippen LogP contribution in [0.1, 0.15) is 46.5 Å². The molecular formula is C11H25NO. The van der Waals surface area contributed by atoms with Gasteiger partial charge in [-0.25, -0.2) is 0 Å². The first-order valence-corrected chi connectivity index (χ1v) is 5.40. The van der Waals surface area contributed by atoms with Gasteiger partial charge in [0, 0.05) is 13.2 Å². The molecule has 2 nitrogen and oxygen atoms in total. The van der Waals surface area contributed by atoms with Crippen LogP contribution in [0.5, 0.6) is 0 Å². The maximum absolute atomic E-state index is 5.61. The molecule has 0 aliphatic heterocycles. The molecule has 2 N–H and O–H groups in total. The molecule has 0 bridgehead atoms. The lowest BCUT2D eigenvalue weighted by Crippen LogP contribution is -2.25. The van der Waals surface area contributed by atoms with Gasteiger partial charge in [-0.3, -0.25) is 0 Å². The van der Waals surface area contributed by atoms with Gasteiger partial charge in [-0.15, -0.1) is 0 Å². The summed E-state index contributed by atoms with van der Waals surface area (Å²) < 4.78 is 5.52. The van der Waals surface area contributed by atoms with Gasteiger partial charge in [-0.05, 0) is 24.8 Å². The monoisotopic (exact) mass is 187 g/mol. The Morgan fingerprint density at radius 3 is 2.38 bits per heavy atom. The molecule has 0 radical (unpaired) electrons. The molecule has 0 aliphatic carbocycles. The Balaban J connectivity index is 3.16. The Morgan fingerprint density at radius 2 is 1.85 bits per heavy atom. The zero-order valence-corrected chi connectivity index (χ0v) is 9.44. The molecule has 0 saturated carbocycles. The molecule has 0 rings (SSSR count). The minimum Gasteiger partial charge on any atom is -0.381 e. The van der Waals surface area contributed by atoms with Gasteiger partial charge in [-0.2, -0.15) is 0 Å². The van der Waals surface area contributed by atoms with Gasteiger partial charge in [0.25, 0.3) is 0 Å². The third-order valence-electron chi connectivity index (χ3n) is 2.37. The van der Waals surface area contributed by atoms with Crippen LogP contribution in [0, 0.1) is 5.41 Å². The number of rotatable bonds is 8. The van der Waals surface area contributed by atoms with Crippen molar-refractivity contribution in [1.29, 1.82) is 0 Å². The van der Waals surface area contributed by atoms with E-state index in [1.807, 2.05) is 0 Å². The van der Waals surface area contributed by atoms with Crippen molar-refractivity contribution in [2.75, 3.05) is 19.8 Å². The smallest absolute Gasteiger partial charge is 0.0471 e. The average molecular weight is 187 g/mol. The molecule has 2 heteroatoms. The van der Waals surface area contributed by atoms with Crippen molar-refractivity contribution in [2.24, 2.45) is 11.1 Å². The number of hydrogen-bond acceptors (Lipinski definition) is 2. The lowest BCUT2D eigenvalue weighted by atomic mass is 9.90. The van der Waals surface area contributed by atoms with E-state index in [9.17, 15) is 0 Å². The lowest BCUT2D eigenvalue weighted by Gasteiger charge is -2.21. The molecule has 0 aromatic rings. The van der Waals surface area contributed by atoms with E-state index in [2.05, 4.69) is 20.8 Å². The van der Waals surface area contributed by atoms with Crippen LogP contribution in [0.15, 0.2) is 0 Å². The average Bonchev–Trinajstić information content (AvgIpc) is 2.11. The summed E-state index contributed by atoms with van der Waals surface area (Å²) in [5.74, 6) is 0. The van der Waals surface area contributed by atoms with Crippen molar-refractivity contribution in [1.82, 2.24) is 0 Å². The van der Waals surface area contributed by atoms with Crippen LogP contribution in [0.3, 0.4) is 0 Å². The van der Waals surface area contributed by atoms with Crippen LogP contribution < -0.4 is 5.73 Å². The van der Waals surface area contributed by atoms with Crippen molar-refractivity contribution in [2.45, 2.75) is 46.5 Å². The predicted octanol–water partition coefficient (Wildman–Crippen LogP) is 2.57. The highest BCUT2D eigenvalue weighted by Gasteiger charge is 2.14. The van der Waals surface area contributed by atoms with Crippen molar-refractivity contribution in [3.63, 3.8) is 0 Å². The topological polar surface area (TPSA) is 35.2 Å². The fraction of sp³-hybridized carbons (Fsp3) is 1.00. The Hall–Kier alpha value is -0.0800. The molecule has 0 aromatic heterocycles. The molecule has 13 heavy (non-hydrogen) atoms. The highest BCUT2D eigenvalue weighted by Crippen LogP contribution is 2.17. The maximum Gasteiger partial charge on any atom is 0.0471 e. The summed E-state index contributed by atoms with van der Waals surface area (Å²) >= 11 is 0. The van der Waals surface area contributed by atoms with Gasteiger partial charge in [0.2, 0.25) is 0 Å². The van der Waals surface area contributed by atoms with E-state index in [1.54, 1.807) is 0 Å². The molecular weight excluding hydrogens is 162 g/mol. The van der Waals surface area contributed by atoms with Crippen LogP contribution in [0.2, 0.25) is 0 Å². The van der Waals surface area contributed by atoms with Gasteiger partial charge in [0.15, 0.2) is 0 Å². The number of nitrogens with two attached hydrogens (primary N) is 1. The lowest BCUT2D eigenvalue weighted by molar-refractivity contribution is 0.103. The van der Waals surface area contributed by atoms with Crippen molar-refractivity contribution in [3.8, 4) is 0 Å². The number of hydrogen-bond donors (Lipinski definition) is 1. The van der Waals surface area contributed by atoms with E-state index in [4.69, 9.17) is 10.5 Å². The molecule has 0 saturated heterocycles. The first-order chi connectivity index (χ1) is 6.12. The zero-order valence-electron chi connectivity index (χ0n) is 9.44. The molecule has 0 aromatic carbocycles. The Morgan fingerprint density at radius 1 is 1.15 bits per heavy atom. The normalized spacial score (nSPS) is 12.0. The Bertz CT molecular complexity index is 113. The highest BCUT2D eigenvalue weighted by atomic mass is 16.5. The second-order valence-corrected chi connectivity index (χ2v) is 4.44. The summed E-state index contributed by atoms with van der Waals surface area (Å²) in [5, 5.41) is 0. The second-order valence-electron chi connectivity index (χ2n) is 4.44. The summed E-state index contributed by atoms with van der Waals surface area (Å²) in [7, 11) is 0. The van der Waals surface area contributed by atoms with Gasteiger partial charge in [0.1, 0.15) is 0 Å². The molecule has 0 aliphatic rings. The molecule has 0 unspecified atom stereocenters. The van der Waals surface area contributed by atoms with Crippen LogP contribution >= 0.6 is 0 Å². The van der Waals surface area contributed by atoms with E-state index < -0.39 is 0 Å². The summed E-state index contributed by atoms with van der Waals surface area (Å²) in [4.78, 5) is 0. The van der Waals surface area contributed by atoms with Crippen LogP contribution in [-0.4, -0.2) is 19.8 Å². The van der Waals surface area contributed by atoms with Gasteiger partial charge < -0.3 is 10.5 Å². The zero-order chi connectivity index (χ0) is 10.2. The molecule has 0 fully saturated rings. The van der Waals surface area contributed by atoms with E-state index in [1.165, 1.54) is 19.3 Å². The fourth-order valence-electron chi connectivity index (χ4n) is 1.01. The standard InChI is InChI=1S/C11H25NO/c1-4-5-6-8-13-9-7-11(2,3)10-12/h4-10,12H2,1-3H3. The predicted molar refractivity (Wildman–Crippen MR) is 57.8 cm³/mol. The third-order valence-corrected chi connectivity index (χ3v) is 2.37. The van der Waals surface area contributed by atoms with Crippen LogP contribution in [0.25, 0.3) is 0 Å². The number of ether oxygens (including phenoxy) is 1. The van der Waals surface area contributed by atoms with E-state index >= 15 is 0 Å². The number of unbranched alkanes of at least 4 members (excludes halogenated alkanes) is 2. The van der Waals surface area contributed by atoms with Gasteiger partial charge in [0.05, 0.1) is 0 Å². The SMILES string of the molecule is CCCCCOCCC(C)(C)CN. The van der Waals surface area contributed by atoms with Crippen molar-refractivity contribution >= 4 is 0 Å². The maximum atomic E-state index is 5.61. The molecule has 0 heterocycles. The fourth-order valence-corrected chi connectivity index (χ4v) is 1.01. The third kappa shape index (κ3) is 8.26. The summed E-state index contributed by atoms with van der Waals surface area (Å²) in [5.41, 5.74) is 5.85. The summed E-state index contributed by atoms with van der Waals surface area (Å²) in [6.45, 7) is 9.08. The van der Waals surface area contributed by atoms with Gasteiger partial charge in [-0.1, -0.05) is 33.6 Å². The minimum absolute atomic E-state index is 0.241. The summed E-state index contributed by atoms with van der Waals surface area (Å²) in [6, 6.07) is 0. The minimum atomic E-state index is 0.241. The van der Waals surface area contributed by atoms with E-state index in [0.29, 0.717) is 0 Å². The quantitative estimate of drug-likeness (QED) is 0.593. The van der Waals surface area contributed by atoms with E-state index in [0.717, 1.165) is 26.2 Å². The molecule has 0 amide bonds. The van der Waals surface area contributed by atoms with E-state index in [-0.39, 0.29) is 5.41 Å². The Labute approximate surface area is 82.8 Å². The first-order valence-electron chi connectivity index (χ1n) is 5.40. The molecule has 0 atom stereocenters.